The van der Waals surface area contributed by atoms with Crippen LogP contribution in [0.2, 0.25) is 0 Å². The molecule has 0 saturated carbocycles. The summed E-state index contributed by atoms with van der Waals surface area (Å²) in [6.45, 7) is 3.12. The van der Waals surface area contributed by atoms with E-state index in [1.807, 2.05) is 0 Å². The molecule has 0 N–H and O–H groups in total. The number of fused-ring (bicyclic) bond motifs is 4. The quantitative estimate of drug-likeness (QED) is 0.419. The molecule has 34 heavy (non-hydrogen) atoms. The van der Waals surface area contributed by atoms with Crippen molar-refractivity contribution in [2.24, 2.45) is 0 Å². The maximum atomic E-state index is 13.7. The molecular formula is C26H23F4N3O. The van der Waals surface area contributed by atoms with Crippen LogP contribution in [0.1, 0.15) is 63.9 Å². The van der Waals surface area contributed by atoms with E-state index in [9.17, 15) is 22.4 Å². The second-order valence-electron chi connectivity index (χ2n) is 8.98. The van der Waals surface area contributed by atoms with Gasteiger partial charge in [-0.3, -0.25) is 4.79 Å². The Morgan fingerprint density at radius 2 is 1.76 bits per heavy atom. The lowest BCUT2D eigenvalue weighted by Gasteiger charge is -2.47. The molecule has 176 valence electrons. The van der Waals surface area contributed by atoms with Gasteiger partial charge < -0.3 is 4.90 Å². The Balaban J connectivity index is 1.60. The first-order valence-electron chi connectivity index (χ1n) is 11.3. The zero-order valence-electron chi connectivity index (χ0n) is 18.8. The molecule has 0 spiro atoms. The number of carbonyl (C=O) groups excluding carboxylic acids is 1. The monoisotopic (exact) mass is 469 g/mol. The fourth-order valence-electron chi connectivity index (χ4n) is 5.35. The minimum Gasteiger partial charge on any atom is -0.327 e. The minimum atomic E-state index is -4.53. The molecule has 1 saturated heterocycles. The smallest absolute Gasteiger partial charge is 0.327 e. The number of alkyl halides is 3. The largest absolute Gasteiger partial charge is 0.416 e. The molecule has 8 heteroatoms. The Hall–Kier alpha value is -3.29. The van der Waals surface area contributed by atoms with E-state index in [1.54, 1.807) is 24.0 Å². The first-order chi connectivity index (χ1) is 16.1. The molecule has 2 atom stereocenters. The van der Waals surface area contributed by atoms with Crippen LogP contribution in [0, 0.1) is 19.7 Å². The number of hydrogen-bond acceptors (Lipinski definition) is 3. The minimum absolute atomic E-state index is 0.0604. The highest BCUT2D eigenvalue weighted by Gasteiger charge is 2.43. The lowest BCUT2D eigenvalue weighted by atomic mass is 9.80. The van der Waals surface area contributed by atoms with Gasteiger partial charge in [-0.05, 0) is 81.5 Å². The number of halogens is 4. The third kappa shape index (κ3) is 3.75. The third-order valence-electron chi connectivity index (χ3n) is 6.87. The van der Waals surface area contributed by atoms with Gasteiger partial charge in [-0.2, -0.15) is 13.2 Å². The number of aryl methyl sites for hydroxylation is 1. The molecular weight excluding hydrogens is 446 g/mol. The highest BCUT2D eigenvalue weighted by atomic mass is 19.4. The van der Waals surface area contributed by atoms with Crippen molar-refractivity contribution in [2.75, 3.05) is 0 Å². The standard InChI is InChI=1S/C26H23F4N3O/c1-14-19(6-4-7-21(14)26(28,29)30)25(34)33-18-5-3-8-22(33)24-20(13-18)23(31-15(2)32-24)16-9-11-17(27)12-10-16/h4,6-7,9-12,18,22H,3,5,8,13H2,1-2H3/t18-,22+/m0/s1. The Kier molecular flexibility index (Phi) is 5.41. The van der Waals surface area contributed by atoms with Gasteiger partial charge in [0.2, 0.25) is 0 Å². The zero-order valence-corrected chi connectivity index (χ0v) is 18.8. The summed E-state index contributed by atoms with van der Waals surface area (Å²) in [5.41, 5.74) is 2.38. The molecule has 0 aliphatic carbocycles. The Morgan fingerprint density at radius 3 is 2.47 bits per heavy atom. The summed E-state index contributed by atoms with van der Waals surface area (Å²) in [5, 5.41) is 0. The molecule has 2 aromatic carbocycles. The normalized spacial score (nSPS) is 19.6. The van der Waals surface area contributed by atoms with E-state index in [0.29, 0.717) is 18.7 Å². The van der Waals surface area contributed by atoms with Gasteiger partial charge in [0.05, 0.1) is 23.0 Å². The average molecular weight is 469 g/mol. The molecule has 3 aromatic rings. The highest BCUT2D eigenvalue weighted by molar-refractivity contribution is 5.97. The van der Waals surface area contributed by atoms with Gasteiger partial charge in [0.15, 0.2) is 0 Å². The Labute approximate surface area is 194 Å². The van der Waals surface area contributed by atoms with Crippen molar-refractivity contribution in [3.63, 3.8) is 0 Å². The van der Waals surface area contributed by atoms with Crippen LogP contribution in [0.5, 0.6) is 0 Å². The Bertz CT molecular complexity index is 1270. The van der Waals surface area contributed by atoms with Gasteiger partial charge in [-0.15, -0.1) is 0 Å². The van der Waals surface area contributed by atoms with Crippen LogP contribution in [-0.4, -0.2) is 26.8 Å². The predicted octanol–water partition coefficient (Wildman–Crippen LogP) is 6.21. The van der Waals surface area contributed by atoms with Crippen molar-refractivity contribution in [3.05, 3.63) is 82.1 Å². The summed E-state index contributed by atoms with van der Waals surface area (Å²) in [4.78, 5) is 24.7. The van der Waals surface area contributed by atoms with E-state index in [1.165, 1.54) is 31.2 Å². The van der Waals surface area contributed by atoms with Crippen molar-refractivity contribution in [2.45, 2.75) is 57.8 Å². The van der Waals surface area contributed by atoms with Crippen LogP contribution < -0.4 is 0 Å². The van der Waals surface area contributed by atoms with Crippen LogP contribution >= 0.6 is 0 Å². The van der Waals surface area contributed by atoms with Crippen molar-refractivity contribution < 1.29 is 22.4 Å². The van der Waals surface area contributed by atoms with E-state index in [-0.39, 0.29) is 29.0 Å². The van der Waals surface area contributed by atoms with Gasteiger partial charge in [0.25, 0.3) is 5.91 Å². The fourth-order valence-corrected chi connectivity index (χ4v) is 5.35. The van der Waals surface area contributed by atoms with E-state index < -0.39 is 17.6 Å². The second-order valence-corrected chi connectivity index (χ2v) is 8.98. The second kappa shape index (κ2) is 8.18. The first-order valence-corrected chi connectivity index (χ1v) is 11.3. The summed E-state index contributed by atoms with van der Waals surface area (Å²) in [5.74, 6) is -0.207. The summed E-state index contributed by atoms with van der Waals surface area (Å²) in [6.07, 6.45) is -1.71. The number of nitrogens with zero attached hydrogens (tertiary/aromatic N) is 3. The average Bonchev–Trinajstić information content (AvgIpc) is 2.78. The van der Waals surface area contributed by atoms with Crippen LogP contribution in [0.4, 0.5) is 17.6 Å². The van der Waals surface area contributed by atoms with Crippen molar-refractivity contribution in [1.82, 2.24) is 14.9 Å². The predicted molar refractivity (Wildman–Crippen MR) is 119 cm³/mol. The van der Waals surface area contributed by atoms with Crippen molar-refractivity contribution in [1.29, 1.82) is 0 Å². The number of carbonyl (C=O) groups is 1. The summed E-state index contributed by atoms with van der Waals surface area (Å²) in [6, 6.07) is 9.37. The van der Waals surface area contributed by atoms with Crippen LogP contribution in [0.15, 0.2) is 42.5 Å². The molecule has 2 aliphatic rings. The SMILES string of the molecule is Cc1nc(-c2ccc(F)cc2)c2c(n1)[C@H]1CCC[C@@H](C2)N1C(=O)c1cccc(C(F)(F)F)c1C. The van der Waals surface area contributed by atoms with Gasteiger partial charge in [-0.1, -0.05) is 6.07 Å². The molecule has 0 unspecified atom stereocenters. The van der Waals surface area contributed by atoms with Crippen LogP contribution in [0.3, 0.4) is 0 Å². The summed E-state index contributed by atoms with van der Waals surface area (Å²) < 4.78 is 53.9. The molecule has 1 fully saturated rings. The molecule has 2 aliphatic heterocycles. The van der Waals surface area contributed by atoms with E-state index in [0.717, 1.165) is 41.4 Å². The third-order valence-corrected chi connectivity index (χ3v) is 6.87. The molecule has 5 rings (SSSR count). The zero-order chi connectivity index (χ0) is 24.2. The maximum Gasteiger partial charge on any atom is 0.416 e. The number of aromatic nitrogens is 2. The molecule has 2 bridgehead atoms. The highest BCUT2D eigenvalue weighted by Crippen LogP contribution is 2.45. The number of piperidine rings is 1. The molecule has 1 aromatic heterocycles. The Morgan fingerprint density at radius 1 is 1.03 bits per heavy atom. The molecule has 1 amide bonds. The van der Waals surface area contributed by atoms with Gasteiger partial charge in [0, 0.05) is 22.7 Å². The lowest BCUT2D eigenvalue weighted by Crippen LogP contribution is -2.50. The summed E-state index contributed by atoms with van der Waals surface area (Å²) in [7, 11) is 0. The lowest BCUT2D eigenvalue weighted by molar-refractivity contribution is -0.138. The fraction of sp³-hybridized carbons (Fsp3) is 0.346. The van der Waals surface area contributed by atoms with Crippen molar-refractivity contribution >= 4 is 5.91 Å². The number of hydrogen-bond donors (Lipinski definition) is 0. The van der Waals surface area contributed by atoms with Gasteiger partial charge >= 0.3 is 6.18 Å². The topological polar surface area (TPSA) is 46.1 Å². The van der Waals surface area contributed by atoms with Crippen LogP contribution in [-0.2, 0) is 12.6 Å². The first kappa shape index (κ1) is 22.5. The van der Waals surface area contributed by atoms with E-state index >= 15 is 0 Å². The molecule has 4 nitrogen and oxygen atoms in total. The van der Waals surface area contributed by atoms with Crippen LogP contribution in [0.25, 0.3) is 11.3 Å². The van der Waals surface area contributed by atoms with Gasteiger partial charge in [-0.25, -0.2) is 14.4 Å². The van der Waals surface area contributed by atoms with Gasteiger partial charge in [0.1, 0.15) is 11.6 Å². The number of amides is 1. The molecule has 3 heterocycles. The maximum absolute atomic E-state index is 13.7. The summed E-state index contributed by atoms with van der Waals surface area (Å²) >= 11 is 0. The van der Waals surface area contributed by atoms with E-state index in [4.69, 9.17) is 0 Å². The van der Waals surface area contributed by atoms with E-state index in [2.05, 4.69) is 9.97 Å². The number of rotatable bonds is 2. The molecule has 0 radical (unpaired) electrons. The van der Waals surface area contributed by atoms with Crippen molar-refractivity contribution in [3.8, 4) is 11.3 Å². The number of benzene rings is 2.